The second kappa shape index (κ2) is 5.71. The first-order valence-electron chi connectivity index (χ1n) is 7.52. The summed E-state index contributed by atoms with van der Waals surface area (Å²) in [6.07, 6.45) is 7.16. The molecule has 1 aliphatic heterocycles. The van der Waals surface area contributed by atoms with Gasteiger partial charge >= 0.3 is 0 Å². The second-order valence-electron chi connectivity index (χ2n) is 7.03. The van der Waals surface area contributed by atoms with Crippen LogP contribution in [0.3, 0.4) is 0 Å². The summed E-state index contributed by atoms with van der Waals surface area (Å²) in [6, 6.07) is 0. The fourth-order valence-corrected chi connectivity index (χ4v) is 3.46. The molecule has 2 fully saturated rings. The molecule has 0 unspecified atom stereocenters. The molecule has 1 N–H and O–H groups in total. The maximum atomic E-state index is 3.65. The maximum Gasteiger partial charge on any atom is 0.0252 e. The second-order valence-corrected chi connectivity index (χ2v) is 7.03. The Balaban J connectivity index is 1.81. The van der Waals surface area contributed by atoms with E-state index in [1.807, 2.05) is 0 Å². The molecule has 2 aliphatic rings. The summed E-state index contributed by atoms with van der Waals surface area (Å²) in [7, 11) is 0. The van der Waals surface area contributed by atoms with Crippen molar-refractivity contribution in [3.63, 3.8) is 0 Å². The highest BCUT2D eigenvalue weighted by atomic mass is 15.2. The SMILES string of the molecule is CC1CCC(CN2CCCNC(C)(C)C2)CC1. The van der Waals surface area contributed by atoms with Gasteiger partial charge in [-0.1, -0.05) is 19.8 Å². The zero-order valence-electron chi connectivity index (χ0n) is 12.0. The van der Waals surface area contributed by atoms with Crippen LogP contribution < -0.4 is 5.32 Å². The lowest BCUT2D eigenvalue weighted by Crippen LogP contribution is -2.47. The third-order valence-electron chi connectivity index (χ3n) is 4.53. The number of nitrogens with zero attached hydrogens (tertiary/aromatic N) is 1. The molecule has 100 valence electrons. The molecule has 17 heavy (non-hydrogen) atoms. The molecule has 2 heteroatoms. The predicted octanol–water partition coefficient (Wildman–Crippen LogP) is 2.89. The van der Waals surface area contributed by atoms with Gasteiger partial charge in [0.1, 0.15) is 0 Å². The minimum Gasteiger partial charge on any atom is -0.310 e. The summed E-state index contributed by atoms with van der Waals surface area (Å²) in [5.41, 5.74) is 0.304. The van der Waals surface area contributed by atoms with Crippen LogP contribution in [0.2, 0.25) is 0 Å². The standard InChI is InChI=1S/C15H30N2/c1-13-5-7-14(8-6-13)11-17-10-4-9-16-15(2,3)12-17/h13-14,16H,4-12H2,1-3H3. The van der Waals surface area contributed by atoms with E-state index in [2.05, 4.69) is 31.0 Å². The predicted molar refractivity (Wildman–Crippen MR) is 74.3 cm³/mol. The maximum absolute atomic E-state index is 3.65. The molecule has 0 bridgehead atoms. The highest BCUT2D eigenvalue weighted by Gasteiger charge is 2.26. The van der Waals surface area contributed by atoms with E-state index in [1.165, 1.54) is 58.3 Å². The number of hydrogen-bond donors (Lipinski definition) is 1. The lowest BCUT2D eigenvalue weighted by Gasteiger charge is -2.34. The van der Waals surface area contributed by atoms with Gasteiger partial charge in [-0.15, -0.1) is 0 Å². The molecule has 1 aliphatic carbocycles. The van der Waals surface area contributed by atoms with Crippen molar-refractivity contribution in [3.05, 3.63) is 0 Å². The van der Waals surface area contributed by atoms with Crippen molar-refractivity contribution < 1.29 is 0 Å². The topological polar surface area (TPSA) is 15.3 Å². The molecule has 0 spiro atoms. The van der Waals surface area contributed by atoms with Crippen LogP contribution >= 0.6 is 0 Å². The average molecular weight is 238 g/mol. The molecular formula is C15H30N2. The molecule has 0 aromatic heterocycles. The van der Waals surface area contributed by atoms with Crippen molar-refractivity contribution in [2.45, 2.75) is 58.4 Å². The molecule has 1 saturated heterocycles. The molecule has 1 saturated carbocycles. The number of rotatable bonds is 2. The van der Waals surface area contributed by atoms with E-state index in [1.54, 1.807) is 0 Å². The monoisotopic (exact) mass is 238 g/mol. The molecule has 1 heterocycles. The Morgan fingerprint density at radius 3 is 2.59 bits per heavy atom. The normalized spacial score (nSPS) is 35.5. The first-order chi connectivity index (χ1) is 8.05. The van der Waals surface area contributed by atoms with Crippen molar-refractivity contribution in [3.8, 4) is 0 Å². The van der Waals surface area contributed by atoms with Crippen molar-refractivity contribution >= 4 is 0 Å². The molecule has 0 aromatic carbocycles. The molecule has 0 aromatic rings. The summed E-state index contributed by atoms with van der Waals surface area (Å²) in [5, 5.41) is 3.65. The van der Waals surface area contributed by atoms with E-state index in [4.69, 9.17) is 0 Å². The van der Waals surface area contributed by atoms with E-state index in [9.17, 15) is 0 Å². The van der Waals surface area contributed by atoms with Crippen molar-refractivity contribution in [1.29, 1.82) is 0 Å². The summed E-state index contributed by atoms with van der Waals surface area (Å²) in [4.78, 5) is 2.71. The van der Waals surface area contributed by atoms with Crippen LogP contribution in [0.5, 0.6) is 0 Å². The van der Waals surface area contributed by atoms with Gasteiger partial charge in [0.2, 0.25) is 0 Å². The van der Waals surface area contributed by atoms with Gasteiger partial charge in [-0.2, -0.15) is 0 Å². The van der Waals surface area contributed by atoms with E-state index < -0.39 is 0 Å². The van der Waals surface area contributed by atoms with Gasteiger partial charge in [0, 0.05) is 18.6 Å². The summed E-state index contributed by atoms with van der Waals surface area (Å²) < 4.78 is 0. The zero-order valence-corrected chi connectivity index (χ0v) is 12.0. The Labute approximate surface area is 107 Å². The van der Waals surface area contributed by atoms with Gasteiger partial charge < -0.3 is 10.2 Å². The Bertz CT molecular complexity index is 229. The summed E-state index contributed by atoms with van der Waals surface area (Å²) >= 11 is 0. The van der Waals surface area contributed by atoms with Crippen molar-refractivity contribution in [2.75, 3.05) is 26.2 Å². The minimum absolute atomic E-state index is 0.304. The molecule has 2 nitrogen and oxygen atoms in total. The summed E-state index contributed by atoms with van der Waals surface area (Å²) in [6.45, 7) is 12.1. The van der Waals surface area contributed by atoms with Crippen LogP contribution in [0.15, 0.2) is 0 Å². The molecule has 0 radical (unpaired) electrons. The fraction of sp³-hybridized carbons (Fsp3) is 1.00. The van der Waals surface area contributed by atoms with Crippen molar-refractivity contribution in [1.82, 2.24) is 10.2 Å². The lowest BCUT2D eigenvalue weighted by molar-refractivity contribution is 0.166. The van der Waals surface area contributed by atoms with Gasteiger partial charge in [-0.3, -0.25) is 0 Å². The zero-order chi connectivity index (χ0) is 12.3. The van der Waals surface area contributed by atoms with Crippen LogP contribution in [-0.4, -0.2) is 36.6 Å². The first kappa shape index (κ1) is 13.4. The van der Waals surface area contributed by atoms with Crippen LogP contribution in [0.25, 0.3) is 0 Å². The van der Waals surface area contributed by atoms with E-state index in [-0.39, 0.29) is 0 Å². The molecule has 2 rings (SSSR count). The Kier molecular flexibility index (Phi) is 4.48. The quantitative estimate of drug-likeness (QED) is 0.796. The third-order valence-corrected chi connectivity index (χ3v) is 4.53. The Morgan fingerprint density at radius 2 is 1.88 bits per heavy atom. The van der Waals surface area contributed by atoms with Gasteiger partial charge in [0.15, 0.2) is 0 Å². The largest absolute Gasteiger partial charge is 0.310 e. The highest BCUT2D eigenvalue weighted by Crippen LogP contribution is 2.29. The lowest BCUT2D eigenvalue weighted by atomic mass is 9.82. The van der Waals surface area contributed by atoms with Crippen molar-refractivity contribution in [2.24, 2.45) is 11.8 Å². The highest BCUT2D eigenvalue weighted by molar-refractivity contribution is 4.86. The fourth-order valence-electron chi connectivity index (χ4n) is 3.46. The molecule has 0 atom stereocenters. The van der Waals surface area contributed by atoms with Crippen LogP contribution in [0, 0.1) is 11.8 Å². The van der Waals surface area contributed by atoms with Crippen LogP contribution in [0.4, 0.5) is 0 Å². The Hall–Kier alpha value is -0.0800. The number of hydrogen-bond acceptors (Lipinski definition) is 2. The smallest absolute Gasteiger partial charge is 0.0252 e. The van der Waals surface area contributed by atoms with Gasteiger partial charge in [-0.05, 0) is 58.0 Å². The first-order valence-corrected chi connectivity index (χ1v) is 7.52. The minimum atomic E-state index is 0.304. The van der Waals surface area contributed by atoms with E-state index >= 15 is 0 Å². The third kappa shape index (κ3) is 4.26. The number of nitrogens with one attached hydrogen (secondary N) is 1. The van der Waals surface area contributed by atoms with Gasteiger partial charge in [0.25, 0.3) is 0 Å². The van der Waals surface area contributed by atoms with E-state index in [0.29, 0.717) is 5.54 Å². The summed E-state index contributed by atoms with van der Waals surface area (Å²) in [5.74, 6) is 1.95. The molecular weight excluding hydrogens is 208 g/mol. The van der Waals surface area contributed by atoms with Crippen LogP contribution in [-0.2, 0) is 0 Å². The van der Waals surface area contributed by atoms with Gasteiger partial charge in [-0.25, -0.2) is 0 Å². The van der Waals surface area contributed by atoms with Crippen LogP contribution in [0.1, 0.15) is 52.9 Å². The molecule has 0 amide bonds. The van der Waals surface area contributed by atoms with E-state index in [0.717, 1.165) is 11.8 Å². The average Bonchev–Trinajstić information content (AvgIpc) is 2.43. The Morgan fingerprint density at radius 1 is 1.18 bits per heavy atom. The van der Waals surface area contributed by atoms with Gasteiger partial charge in [0.05, 0.1) is 0 Å².